The maximum Gasteiger partial charge on any atom is 0.426 e. The molecule has 156 valence electrons. The molecule has 0 aromatic rings. The van der Waals surface area contributed by atoms with Crippen molar-refractivity contribution in [3.05, 3.63) is 0 Å². The monoisotopic (exact) mass is 394 g/mol. The quantitative estimate of drug-likeness (QED) is 0.501. The standard InChI is InChI=1S/C18H29F3N2O4/c1-3-4-5-12(9-24)22-15(25)13-10-6-7-11(8-10)14(13)23-16(26)17(2,27)18(19,20)21/h10-14,24,27H,3-9H2,1-2H3,(H,22,25)(H,23,26)/t10-,11+,12-,13+,14+,17?/m0/s1. The van der Waals surface area contributed by atoms with Crippen molar-refractivity contribution in [1.82, 2.24) is 10.6 Å². The smallest absolute Gasteiger partial charge is 0.394 e. The molecule has 0 aromatic heterocycles. The highest BCUT2D eigenvalue weighted by Gasteiger charge is 2.58. The van der Waals surface area contributed by atoms with E-state index in [0.717, 1.165) is 25.7 Å². The van der Waals surface area contributed by atoms with E-state index in [0.29, 0.717) is 19.8 Å². The number of fused-ring (bicyclic) bond motifs is 2. The molecule has 0 spiro atoms. The van der Waals surface area contributed by atoms with E-state index in [-0.39, 0.29) is 24.3 Å². The lowest BCUT2D eigenvalue weighted by Gasteiger charge is -2.34. The second-order valence-corrected chi connectivity index (χ2v) is 7.96. The van der Waals surface area contributed by atoms with Gasteiger partial charge in [0.25, 0.3) is 5.91 Å². The Balaban J connectivity index is 2.09. The molecule has 2 saturated carbocycles. The molecule has 0 radical (unpaired) electrons. The van der Waals surface area contributed by atoms with Crippen LogP contribution in [0, 0.1) is 17.8 Å². The van der Waals surface area contributed by atoms with Crippen LogP contribution in [0.2, 0.25) is 0 Å². The van der Waals surface area contributed by atoms with Crippen LogP contribution in [0.15, 0.2) is 0 Å². The third-order valence-corrected chi connectivity index (χ3v) is 5.98. The summed E-state index contributed by atoms with van der Waals surface area (Å²) in [6.45, 7) is 2.19. The average molecular weight is 394 g/mol. The first-order chi connectivity index (χ1) is 12.5. The predicted molar refractivity (Wildman–Crippen MR) is 91.5 cm³/mol. The van der Waals surface area contributed by atoms with Crippen molar-refractivity contribution >= 4 is 11.8 Å². The van der Waals surface area contributed by atoms with Gasteiger partial charge in [0.2, 0.25) is 11.5 Å². The summed E-state index contributed by atoms with van der Waals surface area (Å²) in [4.78, 5) is 24.8. The lowest BCUT2D eigenvalue weighted by molar-refractivity contribution is -0.245. The molecule has 2 bridgehead atoms. The molecule has 2 fully saturated rings. The number of aliphatic hydroxyl groups is 2. The highest BCUT2D eigenvalue weighted by Crippen LogP contribution is 2.49. The SMILES string of the molecule is CCCC[C@@H](CO)NC(=O)[C@@H]1[C@H]2CC[C@H](C2)[C@H]1NC(=O)C(C)(O)C(F)(F)F. The molecule has 2 aliphatic carbocycles. The van der Waals surface area contributed by atoms with Crippen molar-refractivity contribution in [1.29, 1.82) is 0 Å². The van der Waals surface area contributed by atoms with Gasteiger partial charge in [-0.05, 0) is 44.4 Å². The number of hydrogen-bond acceptors (Lipinski definition) is 4. The largest absolute Gasteiger partial charge is 0.426 e. The lowest BCUT2D eigenvalue weighted by Crippen LogP contribution is -2.60. The Kier molecular flexibility index (Phi) is 6.78. The maximum absolute atomic E-state index is 12.9. The minimum atomic E-state index is -5.10. The van der Waals surface area contributed by atoms with Crippen LogP contribution in [0.25, 0.3) is 0 Å². The van der Waals surface area contributed by atoms with Gasteiger partial charge in [-0.1, -0.05) is 19.8 Å². The molecular formula is C18H29F3N2O4. The zero-order valence-corrected chi connectivity index (χ0v) is 15.7. The molecule has 2 aliphatic rings. The van der Waals surface area contributed by atoms with Gasteiger partial charge in [0.1, 0.15) is 0 Å². The van der Waals surface area contributed by atoms with Gasteiger partial charge in [-0.3, -0.25) is 9.59 Å². The summed E-state index contributed by atoms with van der Waals surface area (Å²) in [7, 11) is 0. The van der Waals surface area contributed by atoms with Gasteiger partial charge in [-0.25, -0.2) is 0 Å². The lowest BCUT2D eigenvalue weighted by atomic mass is 9.83. The normalized spacial score (nSPS) is 30.6. The number of unbranched alkanes of at least 4 members (excludes halogenated alkanes) is 1. The number of carbonyl (C=O) groups is 2. The molecule has 9 heteroatoms. The molecule has 0 saturated heterocycles. The van der Waals surface area contributed by atoms with Crippen LogP contribution in [-0.4, -0.2) is 52.5 Å². The predicted octanol–water partition coefficient (Wildman–Crippen LogP) is 1.50. The van der Waals surface area contributed by atoms with E-state index in [1.165, 1.54) is 0 Å². The Labute approximate surface area is 156 Å². The summed E-state index contributed by atoms with van der Waals surface area (Å²) in [6.07, 6.45) is -0.581. The van der Waals surface area contributed by atoms with Gasteiger partial charge in [-0.15, -0.1) is 0 Å². The Morgan fingerprint density at radius 2 is 1.85 bits per heavy atom. The molecule has 0 heterocycles. The van der Waals surface area contributed by atoms with Gasteiger partial charge in [0.05, 0.1) is 18.6 Å². The third kappa shape index (κ3) is 4.56. The minimum Gasteiger partial charge on any atom is -0.394 e. The average Bonchev–Trinajstić information content (AvgIpc) is 3.18. The van der Waals surface area contributed by atoms with Crippen LogP contribution < -0.4 is 10.6 Å². The summed E-state index contributed by atoms with van der Waals surface area (Å²) >= 11 is 0. The topological polar surface area (TPSA) is 98.7 Å². The van der Waals surface area contributed by atoms with Crippen molar-refractivity contribution in [3.63, 3.8) is 0 Å². The summed E-state index contributed by atoms with van der Waals surface area (Å²) in [5.41, 5.74) is -3.51. The van der Waals surface area contributed by atoms with Crippen LogP contribution in [0.1, 0.15) is 52.4 Å². The van der Waals surface area contributed by atoms with Gasteiger partial charge in [0.15, 0.2) is 0 Å². The molecule has 1 unspecified atom stereocenters. The maximum atomic E-state index is 12.9. The van der Waals surface area contributed by atoms with Crippen LogP contribution in [0.5, 0.6) is 0 Å². The number of hydrogen-bond donors (Lipinski definition) is 4. The van der Waals surface area contributed by atoms with Crippen molar-refractivity contribution in [2.75, 3.05) is 6.61 Å². The van der Waals surface area contributed by atoms with E-state index < -0.39 is 35.7 Å². The number of nitrogens with one attached hydrogen (secondary N) is 2. The number of amides is 2. The highest BCUT2D eigenvalue weighted by atomic mass is 19.4. The number of carbonyl (C=O) groups excluding carboxylic acids is 2. The van der Waals surface area contributed by atoms with Gasteiger partial charge < -0.3 is 20.8 Å². The zero-order valence-electron chi connectivity index (χ0n) is 15.7. The summed E-state index contributed by atoms with van der Waals surface area (Å²) < 4.78 is 38.8. The molecule has 0 aromatic carbocycles. The minimum absolute atomic E-state index is 0.0124. The van der Waals surface area contributed by atoms with Gasteiger partial charge in [0, 0.05) is 6.04 Å². The van der Waals surface area contributed by atoms with E-state index in [9.17, 15) is 33.0 Å². The van der Waals surface area contributed by atoms with Crippen molar-refractivity contribution in [3.8, 4) is 0 Å². The molecular weight excluding hydrogens is 365 g/mol. The molecule has 27 heavy (non-hydrogen) atoms. The Bertz CT molecular complexity index is 553. The van der Waals surface area contributed by atoms with Crippen molar-refractivity contribution in [2.24, 2.45) is 17.8 Å². The second-order valence-electron chi connectivity index (χ2n) is 7.96. The van der Waals surface area contributed by atoms with E-state index >= 15 is 0 Å². The number of alkyl halides is 3. The van der Waals surface area contributed by atoms with Crippen LogP contribution in [0.3, 0.4) is 0 Å². The molecule has 2 amide bonds. The fraction of sp³-hybridized carbons (Fsp3) is 0.889. The summed E-state index contributed by atoms with van der Waals surface area (Å²) in [6, 6.07) is -1.15. The molecule has 2 rings (SSSR count). The Morgan fingerprint density at radius 3 is 2.41 bits per heavy atom. The van der Waals surface area contributed by atoms with E-state index in [1.54, 1.807) is 0 Å². The van der Waals surface area contributed by atoms with Gasteiger partial charge in [-0.2, -0.15) is 13.2 Å². The first kappa shape index (κ1) is 21.9. The van der Waals surface area contributed by atoms with Crippen molar-refractivity contribution < 1.29 is 33.0 Å². The van der Waals surface area contributed by atoms with Crippen LogP contribution in [0.4, 0.5) is 13.2 Å². The first-order valence-electron chi connectivity index (χ1n) is 9.54. The Morgan fingerprint density at radius 1 is 1.22 bits per heavy atom. The van der Waals surface area contributed by atoms with Crippen molar-refractivity contribution in [2.45, 2.75) is 76.2 Å². The number of rotatable bonds is 8. The number of halogens is 3. The fourth-order valence-electron chi connectivity index (χ4n) is 4.25. The van der Waals surface area contributed by atoms with E-state index in [2.05, 4.69) is 10.6 Å². The second kappa shape index (κ2) is 8.34. The summed E-state index contributed by atoms with van der Waals surface area (Å²) in [5, 5.41) is 24.1. The number of aliphatic hydroxyl groups excluding tert-OH is 1. The van der Waals surface area contributed by atoms with Crippen LogP contribution >= 0.6 is 0 Å². The van der Waals surface area contributed by atoms with E-state index in [1.807, 2.05) is 6.92 Å². The first-order valence-corrected chi connectivity index (χ1v) is 9.54. The molecule has 0 aliphatic heterocycles. The molecule has 6 nitrogen and oxygen atoms in total. The Hall–Kier alpha value is -1.35. The third-order valence-electron chi connectivity index (χ3n) is 5.98. The van der Waals surface area contributed by atoms with E-state index in [4.69, 9.17) is 0 Å². The van der Waals surface area contributed by atoms with Crippen LogP contribution in [-0.2, 0) is 9.59 Å². The molecule has 6 atom stereocenters. The highest BCUT2D eigenvalue weighted by molar-refractivity contribution is 5.87. The fourth-order valence-corrected chi connectivity index (χ4v) is 4.25. The van der Waals surface area contributed by atoms with Gasteiger partial charge >= 0.3 is 6.18 Å². The zero-order chi connectivity index (χ0) is 20.4. The molecule has 4 N–H and O–H groups in total. The summed E-state index contributed by atoms with van der Waals surface area (Å²) in [5.74, 6) is -2.62.